The molecule has 0 N–H and O–H groups in total. The summed E-state index contributed by atoms with van der Waals surface area (Å²) in [7, 11) is 1.46. The summed E-state index contributed by atoms with van der Waals surface area (Å²) in [4.78, 5) is 15.8. The number of methoxy groups -OCH3 is 1. The quantitative estimate of drug-likeness (QED) is 0.734. The molecule has 0 aromatic carbocycles. The third-order valence-electron chi connectivity index (χ3n) is 3.80. The summed E-state index contributed by atoms with van der Waals surface area (Å²) in [6.07, 6.45) is 7.37. The maximum Gasteiger partial charge on any atom is 0.409 e. The van der Waals surface area contributed by atoms with Crippen molar-refractivity contribution in [3.8, 4) is 0 Å². The van der Waals surface area contributed by atoms with Gasteiger partial charge in [-0.25, -0.2) is 4.79 Å². The van der Waals surface area contributed by atoms with Gasteiger partial charge in [0.1, 0.15) is 0 Å². The van der Waals surface area contributed by atoms with Gasteiger partial charge in [0.15, 0.2) is 0 Å². The third kappa shape index (κ3) is 5.39. The van der Waals surface area contributed by atoms with Crippen molar-refractivity contribution in [3.63, 3.8) is 0 Å². The monoisotopic (exact) mass is 270 g/mol. The van der Waals surface area contributed by atoms with Crippen molar-refractivity contribution in [1.82, 2.24) is 9.80 Å². The van der Waals surface area contributed by atoms with Gasteiger partial charge in [0.25, 0.3) is 0 Å². The molecule has 0 bridgehead atoms. The average Bonchev–Trinajstić information content (AvgIpc) is 2.48. The first-order chi connectivity index (χ1) is 9.22. The van der Waals surface area contributed by atoms with E-state index in [1.807, 2.05) is 4.90 Å². The summed E-state index contributed by atoms with van der Waals surface area (Å²) in [5.41, 5.74) is 0. The number of likely N-dealkylation sites (tertiary alicyclic amines) is 2. The minimum absolute atomic E-state index is 0.169. The Labute approximate surface area is 118 Å². The van der Waals surface area contributed by atoms with Gasteiger partial charge in [-0.2, -0.15) is 0 Å². The highest BCUT2D eigenvalue weighted by Crippen LogP contribution is 2.20. The molecule has 2 aliphatic rings. The normalized spacial score (nSPS) is 21.5. The van der Waals surface area contributed by atoms with Crippen LogP contribution in [0.5, 0.6) is 0 Å². The number of carbonyl (C=O) groups excluding carboxylic acids is 1. The van der Waals surface area contributed by atoms with Gasteiger partial charge in [-0.05, 0) is 38.8 Å². The molecule has 0 saturated carbocycles. The van der Waals surface area contributed by atoms with Crippen molar-refractivity contribution in [2.24, 2.45) is 0 Å². The second-order valence-electron chi connectivity index (χ2n) is 5.49. The van der Waals surface area contributed by atoms with Crippen LogP contribution in [0.25, 0.3) is 0 Å². The van der Waals surface area contributed by atoms with Crippen molar-refractivity contribution in [1.29, 1.82) is 0 Å². The molecule has 2 heterocycles. The van der Waals surface area contributed by atoms with Crippen LogP contribution >= 0.6 is 0 Å². The minimum Gasteiger partial charge on any atom is -0.453 e. The van der Waals surface area contributed by atoms with E-state index in [1.54, 1.807) is 0 Å². The van der Waals surface area contributed by atoms with Crippen LogP contribution in [0.4, 0.5) is 4.79 Å². The highest BCUT2D eigenvalue weighted by atomic mass is 16.5. The molecule has 19 heavy (non-hydrogen) atoms. The van der Waals surface area contributed by atoms with Gasteiger partial charge >= 0.3 is 6.09 Å². The van der Waals surface area contributed by atoms with E-state index in [2.05, 4.69) is 18.7 Å². The molecule has 2 aliphatic heterocycles. The molecule has 0 spiro atoms. The number of hydrogen-bond donors (Lipinski definition) is 0. The van der Waals surface area contributed by atoms with Crippen molar-refractivity contribution in [2.75, 3.05) is 33.3 Å². The molecule has 1 amide bonds. The predicted octanol–water partition coefficient (Wildman–Crippen LogP) is 3.12. The first-order valence-electron chi connectivity index (χ1n) is 7.79. The van der Waals surface area contributed by atoms with Gasteiger partial charge in [-0.15, -0.1) is 0 Å². The highest BCUT2D eigenvalue weighted by Gasteiger charge is 2.27. The lowest BCUT2D eigenvalue weighted by Crippen LogP contribution is -2.48. The van der Waals surface area contributed by atoms with Crippen LogP contribution in [-0.4, -0.2) is 55.2 Å². The summed E-state index contributed by atoms with van der Waals surface area (Å²) >= 11 is 0. The summed E-state index contributed by atoms with van der Waals surface area (Å²) in [5.74, 6) is 0. The van der Waals surface area contributed by atoms with E-state index < -0.39 is 0 Å². The number of carbonyl (C=O) groups is 1. The van der Waals surface area contributed by atoms with Gasteiger partial charge in [0.05, 0.1) is 7.11 Å². The number of piperidine rings is 2. The van der Waals surface area contributed by atoms with Crippen LogP contribution in [0.3, 0.4) is 0 Å². The molecule has 0 aromatic heterocycles. The van der Waals surface area contributed by atoms with Crippen LogP contribution in [0, 0.1) is 0 Å². The summed E-state index contributed by atoms with van der Waals surface area (Å²) < 4.78 is 4.74. The molecule has 0 radical (unpaired) electrons. The molecule has 2 saturated heterocycles. The van der Waals surface area contributed by atoms with Gasteiger partial charge in [-0.1, -0.05) is 26.7 Å². The number of ether oxygens (including phenoxy) is 1. The Kier molecular flexibility index (Phi) is 7.87. The zero-order valence-corrected chi connectivity index (χ0v) is 12.9. The topological polar surface area (TPSA) is 32.8 Å². The molecule has 0 atom stereocenters. The van der Waals surface area contributed by atoms with E-state index >= 15 is 0 Å². The van der Waals surface area contributed by atoms with Gasteiger partial charge in [0, 0.05) is 19.1 Å². The molecule has 4 heteroatoms. The second kappa shape index (κ2) is 9.18. The summed E-state index contributed by atoms with van der Waals surface area (Å²) in [6, 6.07) is 0.696. The molecule has 0 aromatic rings. The van der Waals surface area contributed by atoms with E-state index in [0.717, 1.165) is 25.9 Å². The zero-order valence-electron chi connectivity index (χ0n) is 12.9. The fourth-order valence-electron chi connectivity index (χ4n) is 2.83. The molecule has 2 rings (SSSR count). The van der Waals surface area contributed by atoms with Crippen LogP contribution in [0.2, 0.25) is 0 Å². The Balaban J connectivity index is 0.000000550. The molecule has 0 unspecified atom stereocenters. The largest absolute Gasteiger partial charge is 0.453 e. The van der Waals surface area contributed by atoms with Crippen molar-refractivity contribution in [2.45, 2.75) is 58.4 Å². The van der Waals surface area contributed by atoms with Crippen LogP contribution in [-0.2, 0) is 4.74 Å². The maximum absolute atomic E-state index is 11.3. The highest BCUT2D eigenvalue weighted by molar-refractivity contribution is 5.67. The summed E-state index contributed by atoms with van der Waals surface area (Å²) in [6.45, 7) is 8.47. The lowest BCUT2D eigenvalue weighted by Gasteiger charge is -2.39. The Morgan fingerprint density at radius 3 is 2.05 bits per heavy atom. The van der Waals surface area contributed by atoms with Gasteiger partial charge in [-0.3, -0.25) is 0 Å². The van der Waals surface area contributed by atoms with Gasteiger partial charge in [0.2, 0.25) is 0 Å². The molecular formula is C15H30N2O2. The fraction of sp³-hybridized carbons (Fsp3) is 0.933. The minimum atomic E-state index is -0.169. The Morgan fingerprint density at radius 1 is 1.05 bits per heavy atom. The Bertz CT molecular complexity index is 245. The molecule has 112 valence electrons. The first-order valence-corrected chi connectivity index (χ1v) is 7.79. The summed E-state index contributed by atoms with van der Waals surface area (Å²) in [5, 5.41) is 0. The van der Waals surface area contributed by atoms with Gasteiger partial charge < -0.3 is 14.5 Å². The van der Waals surface area contributed by atoms with Crippen molar-refractivity contribution >= 4 is 6.09 Å². The van der Waals surface area contributed by atoms with E-state index in [4.69, 9.17) is 4.74 Å². The fourth-order valence-corrected chi connectivity index (χ4v) is 2.83. The lowest BCUT2D eigenvalue weighted by molar-refractivity contribution is 0.0763. The molecule has 0 aliphatic carbocycles. The Morgan fingerprint density at radius 2 is 1.58 bits per heavy atom. The third-order valence-corrected chi connectivity index (χ3v) is 3.80. The van der Waals surface area contributed by atoms with E-state index in [9.17, 15) is 4.79 Å². The number of amides is 1. The number of hydrogen-bond acceptors (Lipinski definition) is 3. The predicted molar refractivity (Wildman–Crippen MR) is 78.4 cm³/mol. The van der Waals surface area contributed by atoms with Crippen molar-refractivity contribution < 1.29 is 9.53 Å². The lowest BCUT2D eigenvalue weighted by atomic mass is 10.0. The van der Waals surface area contributed by atoms with Crippen molar-refractivity contribution in [3.05, 3.63) is 0 Å². The first kappa shape index (κ1) is 16.3. The smallest absolute Gasteiger partial charge is 0.409 e. The maximum atomic E-state index is 11.3. The second-order valence-corrected chi connectivity index (χ2v) is 5.49. The van der Waals surface area contributed by atoms with E-state index in [-0.39, 0.29) is 6.09 Å². The molecule has 2 fully saturated rings. The van der Waals surface area contributed by atoms with Crippen LogP contribution in [0.15, 0.2) is 0 Å². The molecule has 4 nitrogen and oxygen atoms in total. The SMILES string of the molecule is CCC.COC(=O)N1CCC(N2CCCCC2)CC1. The number of rotatable bonds is 1. The van der Waals surface area contributed by atoms with Crippen LogP contribution < -0.4 is 0 Å². The standard InChI is InChI=1S/C12H22N2O2.C3H8/c1-16-12(15)14-9-5-11(6-10-14)13-7-3-2-4-8-13;1-3-2/h11H,2-10H2,1H3;3H2,1-2H3. The number of nitrogens with zero attached hydrogens (tertiary/aromatic N) is 2. The van der Waals surface area contributed by atoms with E-state index in [0.29, 0.717) is 6.04 Å². The van der Waals surface area contributed by atoms with Crippen LogP contribution in [0.1, 0.15) is 52.4 Å². The average molecular weight is 270 g/mol. The zero-order chi connectivity index (χ0) is 14.1. The molecular weight excluding hydrogens is 240 g/mol. The Hall–Kier alpha value is -0.770. The van der Waals surface area contributed by atoms with E-state index in [1.165, 1.54) is 45.9 Å².